The summed E-state index contributed by atoms with van der Waals surface area (Å²) >= 11 is 0. The van der Waals surface area contributed by atoms with Crippen molar-refractivity contribution in [2.45, 2.75) is 20.3 Å². The average molecular weight is 168 g/mol. The molecule has 0 bridgehead atoms. The van der Waals surface area contributed by atoms with Crippen LogP contribution in [0.3, 0.4) is 0 Å². The molecule has 1 N–H and O–H groups in total. The Morgan fingerprint density at radius 1 is 1.58 bits per heavy atom. The normalized spacial score (nSPS) is 11.2. The number of hydrogen-bond acceptors (Lipinski definition) is 1. The van der Waals surface area contributed by atoms with Gasteiger partial charge in [0.1, 0.15) is 12.5 Å². The van der Waals surface area contributed by atoms with Crippen molar-refractivity contribution in [3.05, 3.63) is 23.3 Å². The first kappa shape index (κ1) is 8.97. The Morgan fingerprint density at radius 2 is 2.33 bits per heavy atom. The third kappa shape index (κ3) is 1.94. The Kier molecular flexibility index (Phi) is 3.02. The summed E-state index contributed by atoms with van der Waals surface area (Å²) in [7, 11) is 0. The number of nitrogens with one attached hydrogen (secondary N) is 1. The van der Waals surface area contributed by atoms with Gasteiger partial charge in [0.15, 0.2) is 0 Å². The molecule has 0 aliphatic carbocycles. The minimum absolute atomic E-state index is 0.435. The van der Waals surface area contributed by atoms with Gasteiger partial charge in [-0.15, -0.1) is 0 Å². The Balaban J connectivity index is 2.89. The largest absolute Gasteiger partial charge is 0.346 e. The van der Waals surface area contributed by atoms with E-state index in [1.807, 2.05) is 13.8 Å². The van der Waals surface area contributed by atoms with Crippen molar-refractivity contribution in [1.82, 2.24) is 9.97 Å². The lowest BCUT2D eigenvalue weighted by atomic mass is 10.2. The van der Waals surface area contributed by atoms with Crippen LogP contribution >= 0.6 is 0 Å². The zero-order valence-electron chi connectivity index (χ0n) is 7.39. The van der Waals surface area contributed by atoms with Gasteiger partial charge >= 0.3 is 0 Å². The molecule has 2 nitrogen and oxygen atoms in total. The standard InChI is InChI=1S/C9H13FN2/c1-3-8-9(5-4-6-10)12-7(2)11-8/h4-5H,3,6H2,1-2H3,(H,11,12)/b5-4-. The van der Waals surface area contributed by atoms with E-state index in [1.54, 1.807) is 6.08 Å². The molecular formula is C9H13FN2. The highest BCUT2D eigenvalue weighted by molar-refractivity contribution is 5.47. The summed E-state index contributed by atoms with van der Waals surface area (Å²) in [4.78, 5) is 7.33. The van der Waals surface area contributed by atoms with Crippen molar-refractivity contribution in [1.29, 1.82) is 0 Å². The summed E-state index contributed by atoms with van der Waals surface area (Å²) in [6.07, 6.45) is 4.07. The lowest BCUT2D eigenvalue weighted by Gasteiger charge is -1.90. The molecule has 0 fully saturated rings. The summed E-state index contributed by atoms with van der Waals surface area (Å²) in [5, 5.41) is 0. The van der Waals surface area contributed by atoms with Gasteiger partial charge in [-0.05, 0) is 19.4 Å². The number of aromatic amines is 1. The molecule has 0 saturated heterocycles. The molecule has 0 saturated carbocycles. The highest BCUT2D eigenvalue weighted by Gasteiger charge is 2.01. The van der Waals surface area contributed by atoms with Crippen LogP contribution in [-0.2, 0) is 6.42 Å². The molecule has 0 spiro atoms. The van der Waals surface area contributed by atoms with Crippen molar-refractivity contribution >= 4 is 6.08 Å². The Bertz CT molecular complexity index is 276. The summed E-state index contributed by atoms with van der Waals surface area (Å²) in [6.45, 7) is 3.50. The SMILES string of the molecule is CCc1[nH]c(C)nc1/C=C\CF. The van der Waals surface area contributed by atoms with Gasteiger partial charge in [-0.2, -0.15) is 0 Å². The monoisotopic (exact) mass is 168 g/mol. The molecular weight excluding hydrogens is 155 g/mol. The van der Waals surface area contributed by atoms with Crippen LogP contribution in [0.2, 0.25) is 0 Å². The van der Waals surface area contributed by atoms with E-state index >= 15 is 0 Å². The highest BCUT2D eigenvalue weighted by atomic mass is 19.1. The second kappa shape index (κ2) is 4.04. The second-order valence-corrected chi connectivity index (χ2v) is 2.60. The number of halogens is 1. The van der Waals surface area contributed by atoms with Crippen molar-refractivity contribution in [2.75, 3.05) is 6.67 Å². The van der Waals surface area contributed by atoms with Gasteiger partial charge in [0.25, 0.3) is 0 Å². The van der Waals surface area contributed by atoms with Gasteiger partial charge in [-0.1, -0.05) is 13.0 Å². The molecule has 1 aromatic heterocycles. The fraction of sp³-hybridized carbons (Fsp3) is 0.444. The Morgan fingerprint density at radius 3 is 2.92 bits per heavy atom. The zero-order valence-corrected chi connectivity index (χ0v) is 7.39. The van der Waals surface area contributed by atoms with E-state index in [9.17, 15) is 4.39 Å². The molecule has 3 heteroatoms. The van der Waals surface area contributed by atoms with Crippen LogP contribution in [0.25, 0.3) is 6.08 Å². The summed E-state index contributed by atoms with van der Waals surface area (Å²) < 4.78 is 11.8. The van der Waals surface area contributed by atoms with E-state index in [1.165, 1.54) is 6.08 Å². The van der Waals surface area contributed by atoms with Gasteiger partial charge < -0.3 is 4.98 Å². The first-order valence-corrected chi connectivity index (χ1v) is 4.06. The predicted molar refractivity (Wildman–Crippen MR) is 47.7 cm³/mol. The van der Waals surface area contributed by atoms with Gasteiger partial charge in [-0.25, -0.2) is 9.37 Å². The molecule has 0 radical (unpaired) electrons. The van der Waals surface area contributed by atoms with Crippen LogP contribution < -0.4 is 0 Å². The molecule has 0 aliphatic heterocycles. The number of aromatic nitrogens is 2. The Labute approximate surface area is 71.5 Å². The maximum Gasteiger partial charge on any atom is 0.108 e. The molecule has 0 aliphatic rings. The first-order chi connectivity index (χ1) is 5.77. The maximum atomic E-state index is 11.8. The molecule has 0 unspecified atom stereocenters. The molecule has 1 rings (SSSR count). The quantitative estimate of drug-likeness (QED) is 0.736. The topological polar surface area (TPSA) is 28.7 Å². The summed E-state index contributed by atoms with van der Waals surface area (Å²) in [5.41, 5.74) is 1.92. The molecule has 0 atom stereocenters. The van der Waals surface area contributed by atoms with Crippen LogP contribution in [0.5, 0.6) is 0 Å². The lowest BCUT2D eigenvalue weighted by molar-refractivity contribution is 0.563. The summed E-state index contributed by atoms with van der Waals surface area (Å²) in [5.74, 6) is 0.880. The van der Waals surface area contributed by atoms with Gasteiger partial charge in [0.2, 0.25) is 0 Å². The smallest absolute Gasteiger partial charge is 0.108 e. The van der Waals surface area contributed by atoms with Crippen LogP contribution in [0.4, 0.5) is 4.39 Å². The molecule has 66 valence electrons. The van der Waals surface area contributed by atoms with Gasteiger partial charge in [0, 0.05) is 5.69 Å². The maximum absolute atomic E-state index is 11.8. The van der Waals surface area contributed by atoms with E-state index in [2.05, 4.69) is 9.97 Å². The highest BCUT2D eigenvalue weighted by Crippen LogP contribution is 2.08. The van der Waals surface area contributed by atoms with E-state index in [4.69, 9.17) is 0 Å². The first-order valence-electron chi connectivity index (χ1n) is 4.06. The van der Waals surface area contributed by atoms with Crippen molar-refractivity contribution in [3.63, 3.8) is 0 Å². The molecule has 12 heavy (non-hydrogen) atoms. The second-order valence-electron chi connectivity index (χ2n) is 2.60. The Hall–Kier alpha value is -1.12. The summed E-state index contributed by atoms with van der Waals surface area (Å²) in [6, 6.07) is 0. The van der Waals surface area contributed by atoms with E-state index in [0.717, 1.165) is 23.6 Å². The van der Waals surface area contributed by atoms with E-state index in [-0.39, 0.29) is 0 Å². The van der Waals surface area contributed by atoms with Crippen LogP contribution in [0, 0.1) is 6.92 Å². The lowest BCUT2D eigenvalue weighted by Crippen LogP contribution is -1.83. The van der Waals surface area contributed by atoms with Crippen molar-refractivity contribution in [2.24, 2.45) is 0 Å². The van der Waals surface area contributed by atoms with Gasteiger partial charge in [-0.3, -0.25) is 0 Å². The van der Waals surface area contributed by atoms with Gasteiger partial charge in [0.05, 0.1) is 5.69 Å². The fourth-order valence-electron chi connectivity index (χ4n) is 1.12. The number of imidazole rings is 1. The van der Waals surface area contributed by atoms with E-state index < -0.39 is 6.67 Å². The zero-order chi connectivity index (χ0) is 8.97. The van der Waals surface area contributed by atoms with Crippen LogP contribution in [0.1, 0.15) is 24.1 Å². The fourth-order valence-corrected chi connectivity index (χ4v) is 1.12. The number of hydrogen-bond donors (Lipinski definition) is 1. The number of aryl methyl sites for hydroxylation is 2. The van der Waals surface area contributed by atoms with E-state index in [0.29, 0.717) is 0 Å². The number of alkyl halides is 1. The van der Waals surface area contributed by atoms with Crippen LogP contribution in [-0.4, -0.2) is 16.6 Å². The third-order valence-electron chi connectivity index (χ3n) is 1.65. The molecule has 1 heterocycles. The molecule has 1 aromatic rings. The number of allylic oxidation sites excluding steroid dienone is 1. The number of rotatable bonds is 3. The molecule has 0 amide bonds. The molecule has 0 aromatic carbocycles. The average Bonchev–Trinajstić information content (AvgIpc) is 2.42. The minimum atomic E-state index is -0.435. The minimum Gasteiger partial charge on any atom is -0.346 e. The van der Waals surface area contributed by atoms with Crippen molar-refractivity contribution in [3.8, 4) is 0 Å². The number of H-pyrrole nitrogens is 1. The predicted octanol–water partition coefficient (Wildman–Crippen LogP) is 2.26. The van der Waals surface area contributed by atoms with Crippen molar-refractivity contribution < 1.29 is 4.39 Å². The number of nitrogens with zero attached hydrogens (tertiary/aromatic N) is 1. The van der Waals surface area contributed by atoms with Crippen LogP contribution in [0.15, 0.2) is 6.08 Å². The third-order valence-corrected chi connectivity index (χ3v) is 1.65.